The molecule has 6 nitrogen and oxygen atoms in total. The van der Waals surface area contributed by atoms with Crippen LogP contribution in [0.2, 0.25) is 0 Å². The average Bonchev–Trinajstić information content (AvgIpc) is 3.20. The largest absolute Gasteiger partial charge is 0.496 e. The van der Waals surface area contributed by atoms with E-state index in [-0.39, 0.29) is 12.0 Å². The summed E-state index contributed by atoms with van der Waals surface area (Å²) in [6.07, 6.45) is -3.87. The fourth-order valence-electron chi connectivity index (χ4n) is 5.33. The second kappa shape index (κ2) is 10.9. The van der Waals surface area contributed by atoms with Gasteiger partial charge in [0.15, 0.2) is 0 Å². The molecule has 2 fully saturated rings. The fraction of sp³-hybridized carbons (Fsp3) is 0.438. The Morgan fingerprint density at radius 1 is 1.02 bits per heavy atom. The molecule has 0 spiro atoms. The van der Waals surface area contributed by atoms with Crippen LogP contribution < -0.4 is 9.64 Å². The van der Waals surface area contributed by atoms with Gasteiger partial charge in [-0.3, -0.25) is 4.90 Å². The number of aromatic nitrogens is 1. The zero-order valence-electron chi connectivity index (χ0n) is 24.1. The summed E-state index contributed by atoms with van der Waals surface area (Å²) in [6, 6.07) is 14.6. The zero-order chi connectivity index (χ0) is 29.5. The maximum Gasteiger partial charge on any atom is 0.416 e. The lowest BCUT2D eigenvalue weighted by molar-refractivity contribution is -0.137. The summed E-state index contributed by atoms with van der Waals surface area (Å²) in [5, 5.41) is 0. The Bertz CT molecular complexity index is 1440. The maximum atomic E-state index is 13.4. The van der Waals surface area contributed by atoms with Gasteiger partial charge in [-0.15, -0.1) is 0 Å². The number of hydrogen-bond acceptors (Lipinski definition) is 5. The first-order chi connectivity index (χ1) is 19.4. The number of halogens is 3. The van der Waals surface area contributed by atoms with E-state index in [1.807, 2.05) is 18.2 Å². The summed E-state index contributed by atoms with van der Waals surface area (Å²) in [4.78, 5) is 21.9. The van der Waals surface area contributed by atoms with Gasteiger partial charge in [0, 0.05) is 24.2 Å². The van der Waals surface area contributed by atoms with Crippen LogP contribution >= 0.6 is 0 Å². The molecule has 0 N–H and O–H groups in total. The summed E-state index contributed by atoms with van der Waals surface area (Å²) >= 11 is 0. The number of alkyl halides is 3. The number of rotatable bonds is 8. The second-order valence-electron chi connectivity index (χ2n) is 11.5. The van der Waals surface area contributed by atoms with Gasteiger partial charge in [-0.25, -0.2) is 9.78 Å². The highest BCUT2D eigenvalue weighted by Gasteiger charge is 2.41. The number of carbonyl (C=O) groups is 1. The van der Waals surface area contributed by atoms with Crippen molar-refractivity contribution in [1.29, 1.82) is 0 Å². The van der Waals surface area contributed by atoms with E-state index in [2.05, 4.69) is 37.8 Å². The maximum absolute atomic E-state index is 13.4. The Hall–Kier alpha value is -3.75. The van der Waals surface area contributed by atoms with Crippen molar-refractivity contribution in [3.8, 4) is 16.9 Å². The Morgan fingerprint density at radius 3 is 2.41 bits per heavy atom. The highest BCUT2D eigenvalue weighted by molar-refractivity contribution is 5.76. The second-order valence-corrected chi connectivity index (χ2v) is 11.5. The van der Waals surface area contributed by atoms with Gasteiger partial charge in [0.2, 0.25) is 0 Å². The number of cyclic esters (lactones) is 1. The van der Waals surface area contributed by atoms with Crippen LogP contribution in [0.1, 0.15) is 69.0 Å². The minimum absolute atomic E-state index is 0.0579. The molecule has 41 heavy (non-hydrogen) atoms. The van der Waals surface area contributed by atoms with Crippen molar-refractivity contribution in [3.63, 3.8) is 0 Å². The summed E-state index contributed by atoms with van der Waals surface area (Å²) < 4.78 is 51.5. The van der Waals surface area contributed by atoms with Crippen LogP contribution in [0.15, 0.2) is 54.6 Å². The van der Waals surface area contributed by atoms with Crippen LogP contribution in [0.3, 0.4) is 0 Å². The molecule has 0 aliphatic carbocycles. The number of benzene rings is 2. The fourth-order valence-corrected chi connectivity index (χ4v) is 5.33. The van der Waals surface area contributed by atoms with Crippen LogP contribution in [0.4, 0.5) is 23.8 Å². The van der Waals surface area contributed by atoms with Crippen LogP contribution in [0.5, 0.6) is 5.75 Å². The molecule has 3 aromatic rings. The molecule has 1 amide bonds. The Morgan fingerprint density at radius 2 is 1.78 bits per heavy atom. The lowest BCUT2D eigenvalue weighted by atomic mass is 9.81. The SMILES string of the molecule is CCC(C)(C)c1ccc(OC)c(-c2ccc(N3CCC3)nc2CN2C(=O)O[C@H](c3cccc(C(F)(F)F)c3)C2C)c1. The molecule has 1 aromatic heterocycles. The van der Waals surface area contributed by atoms with Crippen molar-refractivity contribution < 1.29 is 27.4 Å². The third kappa shape index (κ3) is 5.59. The molecule has 2 saturated heterocycles. The number of methoxy groups -OCH3 is 1. The summed E-state index contributed by atoms with van der Waals surface area (Å²) in [5.41, 5.74) is 3.02. The molecule has 218 valence electrons. The predicted molar refractivity (Wildman–Crippen MR) is 152 cm³/mol. The molecule has 9 heteroatoms. The number of carbonyl (C=O) groups excluding carboxylic acids is 1. The van der Waals surface area contributed by atoms with Crippen molar-refractivity contribution in [1.82, 2.24) is 9.88 Å². The minimum Gasteiger partial charge on any atom is -0.496 e. The lowest BCUT2D eigenvalue weighted by Crippen LogP contribution is -2.38. The quantitative estimate of drug-likeness (QED) is 0.279. The summed E-state index contributed by atoms with van der Waals surface area (Å²) in [5.74, 6) is 1.52. The van der Waals surface area contributed by atoms with Gasteiger partial charge in [-0.05, 0) is 72.7 Å². The van der Waals surface area contributed by atoms with Crippen LogP contribution in [0.25, 0.3) is 11.1 Å². The first-order valence-corrected chi connectivity index (χ1v) is 14.0. The van der Waals surface area contributed by atoms with E-state index < -0.39 is 30.0 Å². The molecular formula is C32H36F3N3O3. The van der Waals surface area contributed by atoms with Crippen molar-refractivity contribution in [2.45, 2.75) is 70.8 Å². The first-order valence-electron chi connectivity index (χ1n) is 14.0. The third-order valence-corrected chi connectivity index (χ3v) is 8.55. The zero-order valence-corrected chi connectivity index (χ0v) is 24.1. The van der Waals surface area contributed by atoms with Crippen LogP contribution in [-0.4, -0.2) is 42.2 Å². The van der Waals surface area contributed by atoms with E-state index in [1.54, 1.807) is 25.0 Å². The molecule has 2 atom stereocenters. The van der Waals surface area contributed by atoms with Gasteiger partial charge in [-0.2, -0.15) is 13.2 Å². The van der Waals surface area contributed by atoms with Gasteiger partial charge >= 0.3 is 12.3 Å². The standard InChI is InChI=1S/C32H36F3N3O3/c1-6-31(3,4)22-11-13-27(40-5)25(18-22)24-12-14-28(37-15-8-16-37)36-26(24)19-38-20(2)29(41-30(38)39)21-9-7-10-23(17-21)32(33,34)35/h7,9-14,17-18,20,29H,6,8,15-16,19H2,1-5H3/t20?,29-/m0/s1. The molecule has 0 bridgehead atoms. The van der Waals surface area contributed by atoms with Crippen LogP contribution in [0, 0.1) is 0 Å². The van der Waals surface area contributed by atoms with E-state index >= 15 is 0 Å². The minimum atomic E-state index is -4.49. The lowest BCUT2D eigenvalue weighted by Gasteiger charge is -2.33. The molecule has 2 aliphatic heterocycles. The van der Waals surface area contributed by atoms with Gasteiger partial charge in [0.25, 0.3) is 0 Å². The van der Waals surface area contributed by atoms with Gasteiger partial charge in [0.05, 0.1) is 31.0 Å². The first kappa shape index (κ1) is 28.8. The molecule has 3 heterocycles. The molecule has 1 unspecified atom stereocenters. The monoisotopic (exact) mass is 567 g/mol. The highest BCUT2D eigenvalue weighted by atomic mass is 19.4. The van der Waals surface area contributed by atoms with Gasteiger partial charge < -0.3 is 14.4 Å². The van der Waals surface area contributed by atoms with Gasteiger partial charge in [-0.1, -0.05) is 39.0 Å². The Balaban J connectivity index is 1.53. The number of pyridine rings is 1. The summed E-state index contributed by atoms with van der Waals surface area (Å²) in [7, 11) is 1.63. The molecule has 2 aliphatic rings. The average molecular weight is 568 g/mol. The van der Waals surface area contributed by atoms with E-state index in [0.717, 1.165) is 60.6 Å². The summed E-state index contributed by atoms with van der Waals surface area (Å²) in [6.45, 7) is 10.3. The predicted octanol–water partition coefficient (Wildman–Crippen LogP) is 7.76. The molecule has 5 rings (SSSR count). The highest BCUT2D eigenvalue weighted by Crippen LogP contribution is 2.41. The third-order valence-electron chi connectivity index (χ3n) is 8.55. The van der Waals surface area contributed by atoms with Crippen LogP contribution in [-0.2, 0) is 22.9 Å². The van der Waals surface area contributed by atoms with E-state index in [0.29, 0.717) is 17.0 Å². The number of ether oxygens (including phenoxy) is 2. The molecule has 0 saturated carbocycles. The molecule has 2 aromatic carbocycles. The van der Waals surface area contributed by atoms with Gasteiger partial charge in [0.1, 0.15) is 17.7 Å². The van der Waals surface area contributed by atoms with Crippen molar-refractivity contribution in [2.24, 2.45) is 0 Å². The Labute approximate surface area is 239 Å². The van der Waals surface area contributed by atoms with Crippen molar-refractivity contribution in [3.05, 3.63) is 77.0 Å². The van der Waals surface area contributed by atoms with Crippen molar-refractivity contribution in [2.75, 3.05) is 25.1 Å². The number of anilines is 1. The molecular weight excluding hydrogens is 531 g/mol. The number of amides is 1. The molecule has 0 radical (unpaired) electrons. The van der Waals surface area contributed by atoms with E-state index in [9.17, 15) is 18.0 Å². The number of nitrogens with zero attached hydrogens (tertiary/aromatic N) is 3. The van der Waals surface area contributed by atoms with E-state index in [1.165, 1.54) is 6.07 Å². The smallest absolute Gasteiger partial charge is 0.416 e. The number of hydrogen-bond donors (Lipinski definition) is 0. The Kier molecular flexibility index (Phi) is 7.66. The van der Waals surface area contributed by atoms with Crippen molar-refractivity contribution >= 4 is 11.9 Å². The van der Waals surface area contributed by atoms with E-state index in [4.69, 9.17) is 14.5 Å². The topological polar surface area (TPSA) is 54.9 Å². The normalized spacial score (nSPS) is 19.3.